The highest BCUT2D eigenvalue weighted by Gasteiger charge is 2.33. The van der Waals surface area contributed by atoms with Crippen molar-refractivity contribution in [2.24, 2.45) is 0 Å². The Morgan fingerprint density at radius 2 is 1.57 bits per heavy atom. The van der Waals surface area contributed by atoms with Crippen molar-refractivity contribution in [2.75, 3.05) is 0 Å². The maximum Gasteiger partial charge on any atom is 0.393 e. The molecule has 80 valence electrons. The number of aliphatic carboxylic acids is 2. The smallest absolute Gasteiger partial charge is 0.393 e. The van der Waals surface area contributed by atoms with E-state index in [2.05, 4.69) is 0 Å². The summed E-state index contributed by atoms with van der Waals surface area (Å²) in [6.45, 7) is 0.817. The largest absolute Gasteiger partial charge is 0.478 e. The average molecular weight is 212 g/mol. The second-order valence-electron chi connectivity index (χ2n) is 2.51. The van der Waals surface area contributed by atoms with Crippen molar-refractivity contribution in [3.05, 3.63) is 11.1 Å². The molecule has 0 aromatic carbocycles. The Bertz CT molecular complexity index is 290. The van der Waals surface area contributed by atoms with Crippen LogP contribution in [0.5, 0.6) is 0 Å². The normalized spacial score (nSPS) is 13.4. The first-order chi connectivity index (χ1) is 6.15. The molecule has 0 bridgehead atoms. The van der Waals surface area contributed by atoms with Gasteiger partial charge in [-0.05, 0) is 6.92 Å². The molecule has 7 heteroatoms. The lowest BCUT2D eigenvalue weighted by Gasteiger charge is -2.08. The van der Waals surface area contributed by atoms with Gasteiger partial charge in [0.15, 0.2) is 0 Å². The zero-order valence-corrected chi connectivity index (χ0v) is 7.05. The summed E-state index contributed by atoms with van der Waals surface area (Å²) in [5, 5.41) is 16.6. The van der Waals surface area contributed by atoms with E-state index in [1.165, 1.54) is 0 Å². The summed E-state index contributed by atoms with van der Waals surface area (Å²) in [5.74, 6) is -3.55. The van der Waals surface area contributed by atoms with Gasteiger partial charge < -0.3 is 10.2 Å². The van der Waals surface area contributed by atoms with Gasteiger partial charge in [0.25, 0.3) is 0 Å². The van der Waals surface area contributed by atoms with E-state index >= 15 is 0 Å². The molecule has 0 saturated carbocycles. The van der Waals surface area contributed by atoms with Gasteiger partial charge in [0.1, 0.15) is 0 Å². The van der Waals surface area contributed by atoms with E-state index in [0.717, 1.165) is 6.92 Å². The SMILES string of the molecule is C/C(C(=O)O)=C(/CC(F)(F)F)C(=O)O. The molecule has 0 heterocycles. The van der Waals surface area contributed by atoms with Crippen molar-refractivity contribution in [3.63, 3.8) is 0 Å². The molecular formula is C7H7F3O4. The van der Waals surface area contributed by atoms with Crippen LogP contribution in [-0.4, -0.2) is 28.3 Å². The molecule has 0 amide bonds. The van der Waals surface area contributed by atoms with Gasteiger partial charge in [-0.25, -0.2) is 9.59 Å². The Balaban J connectivity index is 5.07. The van der Waals surface area contributed by atoms with Crippen LogP contribution in [0, 0.1) is 0 Å². The summed E-state index contributed by atoms with van der Waals surface area (Å²) in [7, 11) is 0. The molecule has 0 saturated heterocycles. The fourth-order valence-electron chi connectivity index (χ4n) is 0.698. The first-order valence-electron chi connectivity index (χ1n) is 3.38. The highest BCUT2D eigenvalue weighted by Crippen LogP contribution is 2.26. The molecule has 0 fully saturated rings. The summed E-state index contributed by atoms with van der Waals surface area (Å²) in [6.07, 6.45) is -6.48. The molecule has 4 nitrogen and oxygen atoms in total. The Morgan fingerprint density at radius 3 is 1.79 bits per heavy atom. The number of carboxylic acid groups (broad SMARTS) is 2. The topological polar surface area (TPSA) is 74.6 Å². The van der Waals surface area contributed by atoms with Gasteiger partial charge in [0.2, 0.25) is 0 Å². The number of hydrogen-bond acceptors (Lipinski definition) is 2. The highest BCUT2D eigenvalue weighted by molar-refractivity contribution is 5.98. The Labute approximate surface area is 76.6 Å². The number of hydrogen-bond donors (Lipinski definition) is 2. The number of halogens is 3. The van der Waals surface area contributed by atoms with Crippen molar-refractivity contribution in [2.45, 2.75) is 19.5 Å². The molecule has 2 N–H and O–H groups in total. The Kier molecular flexibility index (Phi) is 3.67. The molecule has 0 aromatic rings. The van der Waals surface area contributed by atoms with Crippen molar-refractivity contribution < 1.29 is 33.0 Å². The van der Waals surface area contributed by atoms with Gasteiger partial charge in [-0.1, -0.05) is 0 Å². The Morgan fingerprint density at radius 1 is 1.14 bits per heavy atom. The standard InChI is InChI=1S/C7H7F3O4/c1-3(5(11)12)4(6(13)14)2-7(8,9)10/h2H2,1H3,(H,11,12)(H,13,14)/b4-3+. The van der Waals surface area contributed by atoms with E-state index in [-0.39, 0.29) is 0 Å². The maximum atomic E-state index is 11.8. The fraction of sp³-hybridized carbons (Fsp3) is 0.429. The van der Waals surface area contributed by atoms with Crippen LogP contribution in [0.4, 0.5) is 13.2 Å². The third kappa shape index (κ3) is 3.92. The first-order valence-corrected chi connectivity index (χ1v) is 3.38. The number of carboxylic acids is 2. The second kappa shape index (κ2) is 4.12. The quantitative estimate of drug-likeness (QED) is 0.694. The minimum atomic E-state index is -4.73. The molecule has 0 aromatic heterocycles. The predicted molar refractivity (Wildman–Crippen MR) is 38.6 cm³/mol. The van der Waals surface area contributed by atoms with E-state index < -0.39 is 35.7 Å². The van der Waals surface area contributed by atoms with Gasteiger partial charge in [0, 0.05) is 5.57 Å². The molecule has 0 spiro atoms. The second-order valence-corrected chi connectivity index (χ2v) is 2.51. The van der Waals surface area contributed by atoms with Gasteiger partial charge in [0.05, 0.1) is 12.0 Å². The van der Waals surface area contributed by atoms with Crippen molar-refractivity contribution >= 4 is 11.9 Å². The van der Waals surface area contributed by atoms with Crippen LogP contribution >= 0.6 is 0 Å². The molecule has 0 aliphatic rings. The highest BCUT2D eigenvalue weighted by atomic mass is 19.4. The molecule has 0 atom stereocenters. The molecular weight excluding hydrogens is 205 g/mol. The molecule has 0 rings (SSSR count). The minimum Gasteiger partial charge on any atom is -0.478 e. The first kappa shape index (κ1) is 12.5. The van der Waals surface area contributed by atoms with Crippen LogP contribution in [0.1, 0.15) is 13.3 Å². The van der Waals surface area contributed by atoms with Crippen LogP contribution in [0.3, 0.4) is 0 Å². The fourth-order valence-corrected chi connectivity index (χ4v) is 0.698. The van der Waals surface area contributed by atoms with Crippen LogP contribution in [-0.2, 0) is 9.59 Å². The minimum absolute atomic E-state index is 0.810. The van der Waals surface area contributed by atoms with Crippen molar-refractivity contribution in [1.29, 1.82) is 0 Å². The maximum absolute atomic E-state index is 11.8. The molecule has 0 unspecified atom stereocenters. The summed E-state index contributed by atoms with van der Waals surface area (Å²) in [4.78, 5) is 20.5. The van der Waals surface area contributed by atoms with E-state index in [1.54, 1.807) is 0 Å². The lowest BCUT2D eigenvalue weighted by molar-refractivity contribution is -0.144. The van der Waals surface area contributed by atoms with Crippen LogP contribution in [0.15, 0.2) is 11.1 Å². The predicted octanol–water partition coefficient (Wildman–Crippen LogP) is 1.42. The number of carbonyl (C=O) groups is 2. The summed E-state index contributed by atoms with van der Waals surface area (Å²) in [5.41, 5.74) is -1.96. The van der Waals surface area contributed by atoms with Gasteiger partial charge in [-0.15, -0.1) is 0 Å². The average Bonchev–Trinajstić information content (AvgIpc) is 1.96. The number of alkyl halides is 3. The third-order valence-corrected chi connectivity index (χ3v) is 1.41. The molecule has 0 aliphatic carbocycles. The molecule has 0 aliphatic heterocycles. The lowest BCUT2D eigenvalue weighted by atomic mass is 10.1. The monoisotopic (exact) mass is 212 g/mol. The third-order valence-electron chi connectivity index (χ3n) is 1.41. The van der Waals surface area contributed by atoms with E-state index in [0.29, 0.717) is 0 Å². The van der Waals surface area contributed by atoms with Crippen molar-refractivity contribution in [1.82, 2.24) is 0 Å². The number of rotatable bonds is 3. The summed E-state index contributed by atoms with van der Waals surface area (Å²) in [6, 6.07) is 0. The Hall–Kier alpha value is -1.53. The van der Waals surface area contributed by atoms with Gasteiger partial charge in [-0.3, -0.25) is 0 Å². The van der Waals surface area contributed by atoms with Crippen molar-refractivity contribution in [3.8, 4) is 0 Å². The summed E-state index contributed by atoms with van der Waals surface area (Å²) >= 11 is 0. The summed E-state index contributed by atoms with van der Waals surface area (Å²) < 4.78 is 35.4. The molecule has 0 radical (unpaired) electrons. The van der Waals surface area contributed by atoms with Crippen LogP contribution < -0.4 is 0 Å². The van der Waals surface area contributed by atoms with E-state index in [9.17, 15) is 22.8 Å². The van der Waals surface area contributed by atoms with E-state index in [4.69, 9.17) is 10.2 Å². The van der Waals surface area contributed by atoms with E-state index in [1.807, 2.05) is 0 Å². The zero-order valence-electron chi connectivity index (χ0n) is 7.05. The van der Waals surface area contributed by atoms with Gasteiger partial charge in [-0.2, -0.15) is 13.2 Å². The molecule has 14 heavy (non-hydrogen) atoms. The van der Waals surface area contributed by atoms with Crippen LogP contribution in [0.25, 0.3) is 0 Å². The van der Waals surface area contributed by atoms with Crippen LogP contribution in [0.2, 0.25) is 0 Å². The zero-order chi connectivity index (χ0) is 11.5. The lowest BCUT2D eigenvalue weighted by Crippen LogP contribution is -2.17. The van der Waals surface area contributed by atoms with Gasteiger partial charge >= 0.3 is 18.1 Å².